The van der Waals surface area contributed by atoms with Crippen LogP contribution in [-0.4, -0.2) is 56.7 Å². The lowest BCUT2D eigenvalue weighted by Gasteiger charge is -2.28. The number of allylic oxidation sites excluding steroid dienone is 3. The summed E-state index contributed by atoms with van der Waals surface area (Å²) >= 11 is 0. The summed E-state index contributed by atoms with van der Waals surface area (Å²) in [4.78, 5) is 22.8. The SMILES string of the molecule is CC(=O)NCCC[N+](C)(C)CC(=O)OCC=C(C)CCC=C(C)C. The number of nitrogens with zero attached hydrogens (tertiary/aromatic N) is 1. The number of amides is 1. The fourth-order valence-electron chi connectivity index (χ4n) is 2.21. The predicted octanol–water partition coefficient (Wildman–Crippen LogP) is 2.82. The number of hydrogen-bond donors (Lipinski definition) is 1. The molecule has 24 heavy (non-hydrogen) atoms. The fourth-order valence-corrected chi connectivity index (χ4v) is 2.21. The highest BCUT2D eigenvalue weighted by Gasteiger charge is 2.20. The largest absolute Gasteiger partial charge is 0.457 e. The van der Waals surface area contributed by atoms with Crippen molar-refractivity contribution in [1.29, 1.82) is 0 Å². The van der Waals surface area contributed by atoms with E-state index in [0.717, 1.165) is 25.8 Å². The zero-order valence-electron chi connectivity index (χ0n) is 16.3. The van der Waals surface area contributed by atoms with Crippen molar-refractivity contribution in [3.63, 3.8) is 0 Å². The maximum absolute atomic E-state index is 11.9. The van der Waals surface area contributed by atoms with Crippen molar-refractivity contribution in [2.24, 2.45) is 0 Å². The Balaban J connectivity index is 4.01. The quantitative estimate of drug-likeness (QED) is 0.273. The Hall–Kier alpha value is -1.62. The van der Waals surface area contributed by atoms with Crippen molar-refractivity contribution in [2.75, 3.05) is 40.3 Å². The number of nitrogens with one attached hydrogen (secondary N) is 1. The minimum atomic E-state index is -0.187. The second kappa shape index (κ2) is 11.8. The van der Waals surface area contributed by atoms with Crippen LogP contribution in [0, 0.1) is 0 Å². The number of esters is 1. The topological polar surface area (TPSA) is 55.4 Å². The molecule has 0 saturated carbocycles. The normalized spacial score (nSPS) is 11.8. The van der Waals surface area contributed by atoms with Gasteiger partial charge in [-0.2, -0.15) is 0 Å². The van der Waals surface area contributed by atoms with Gasteiger partial charge in [-0.3, -0.25) is 4.79 Å². The van der Waals surface area contributed by atoms with Gasteiger partial charge >= 0.3 is 5.97 Å². The van der Waals surface area contributed by atoms with E-state index in [9.17, 15) is 9.59 Å². The maximum Gasteiger partial charge on any atom is 0.362 e. The van der Waals surface area contributed by atoms with Gasteiger partial charge in [-0.05, 0) is 39.7 Å². The van der Waals surface area contributed by atoms with Crippen molar-refractivity contribution in [3.8, 4) is 0 Å². The van der Waals surface area contributed by atoms with Crippen LogP contribution in [0.15, 0.2) is 23.3 Å². The Labute approximate surface area is 147 Å². The van der Waals surface area contributed by atoms with Crippen LogP contribution in [0.1, 0.15) is 47.0 Å². The third-order valence-electron chi connectivity index (χ3n) is 3.64. The highest BCUT2D eigenvalue weighted by molar-refractivity contribution is 5.72. The predicted molar refractivity (Wildman–Crippen MR) is 98.5 cm³/mol. The van der Waals surface area contributed by atoms with Crippen molar-refractivity contribution in [1.82, 2.24) is 5.32 Å². The summed E-state index contributed by atoms with van der Waals surface area (Å²) in [5.41, 5.74) is 2.57. The molecule has 0 rings (SSSR count). The molecule has 0 bridgehead atoms. The third-order valence-corrected chi connectivity index (χ3v) is 3.64. The van der Waals surface area contributed by atoms with E-state index in [1.807, 2.05) is 20.2 Å². The molecule has 0 aromatic carbocycles. The molecule has 0 atom stereocenters. The molecule has 0 fully saturated rings. The summed E-state index contributed by atoms with van der Waals surface area (Å²) in [5.74, 6) is -0.209. The van der Waals surface area contributed by atoms with Crippen LogP contribution in [0.2, 0.25) is 0 Å². The van der Waals surface area contributed by atoms with Crippen LogP contribution < -0.4 is 5.32 Å². The molecule has 0 saturated heterocycles. The first kappa shape index (κ1) is 22.4. The first-order valence-electron chi connectivity index (χ1n) is 8.63. The molecule has 0 unspecified atom stereocenters. The minimum Gasteiger partial charge on any atom is -0.457 e. The Morgan fingerprint density at radius 2 is 1.75 bits per heavy atom. The molecule has 0 aliphatic carbocycles. The van der Waals surface area contributed by atoms with Crippen LogP contribution in [0.4, 0.5) is 0 Å². The highest BCUT2D eigenvalue weighted by atomic mass is 16.5. The molecule has 0 radical (unpaired) electrons. The average molecular weight is 340 g/mol. The van der Waals surface area contributed by atoms with Gasteiger partial charge in [0.1, 0.15) is 6.61 Å². The average Bonchev–Trinajstić information content (AvgIpc) is 2.42. The smallest absolute Gasteiger partial charge is 0.362 e. The number of quaternary nitrogens is 1. The molecule has 0 spiro atoms. The van der Waals surface area contributed by atoms with E-state index in [1.54, 1.807) is 0 Å². The Morgan fingerprint density at radius 1 is 1.08 bits per heavy atom. The van der Waals surface area contributed by atoms with E-state index in [1.165, 1.54) is 18.1 Å². The van der Waals surface area contributed by atoms with E-state index in [0.29, 0.717) is 24.2 Å². The molecular formula is C19H35N2O3+. The molecule has 1 amide bonds. The lowest BCUT2D eigenvalue weighted by Crippen LogP contribution is -2.45. The summed E-state index contributed by atoms with van der Waals surface area (Å²) < 4.78 is 5.86. The summed E-state index contributed by atoms with van der Waals surface area (Å²) in [7, 11) is 3.99. The van der Waals surface area contributed by atoms with Gasteiger partial charge in [0.25, 0.3) is 0 Å². The van der Waals surface area contributed by atoms with Crippen molar-refractivity contribution < 1.29 is 18.8 Å². The Morgan fingerprint density at radius 3 is 2.33 bits per heavy atom. The van der Waals surface area contributed by atoms with Crippen molar-refractivity contribution in [2.45, 2.75) is 47.0 Å². The second-order valence-electron chi connectivity index (χ2n) is 7.21. The van der Waals surface area contributed by atoms with Crippen LogP contribution in [0.25, 0.3) is 0 Å². The van der Waals surface area contributed by atoms with Crippen LogP contribution >= 0.6 is 0 Å². The van der Waals surface area contributed by atoms with Crippen LogP contribution in [0.3, 0.4) is 0 Å². The number of rotatable bonds is 11. The molecular weight excluding hydrogens is 304 g/mol. The van der Waals surface area contributed by atoms with Gasteiger partial charge in [0.15, 0.2) is 6.54 Å². The Kier molecular flexibility index (Phi) is 11.0. The first-order chi connectivity index (χ1) is 11.1. The van der Waals surface area contributed by atoms with Gasteiger partial charge in [0.2, 0.25) is 5.91 Å². The van der Waals surface area contributed by atoms with Crippen molar-refractivity contribution >= 4 is 11.9 Å². The molecule has 1 N–H and O–H groups in total. The first-order valence-corrected chi connectivity index (χ1v) is 8.63. The molecule has 0 aliphatic rings. The van der Waals surface area contributed by atoms with E-state index in [-0.39, 0.29) is 11.9 Å². The lowest BCUT2D eigenvalue weighted by atomic mass is 10.1. The fraction of sp³-hybridized carbons (Fsp3) is 0.684. The van der Waals surface area contributed by atoms with Crippen molar-refractivity contribution in [3.05, 3.63) is 23.3 Å². The second-order valence-corrected chi connectivity index (χ2v) is 7.21. The molecule has 0 aromatic heterocycles. The number of ether oxygens (including phenoxy) is 1. The van der Waals surface area contributed by atoms with Gasteiger partial charge in [-0.15, -0.1) is 0 Å². The van der Waals surface area contributed by atoms with E-state index in [4.69, 9.17) is 4.74 Å². The zero-order valence-corrected chi connectivity index (χ0v) is 16.3. The van der Waals surface area contributed by atoms with Gasteiger partial charge in [0, 0.05) is 19.9 Å². The van der Waals surface area contributed by atoms with E-state index in [2.05, 4.69) is 32.2 Å². The zero-order chi connectivity index (χ0) is 18.6. The van der Waals surface area contributed by atoms with Gasteiger partial charge in [0.05, 0.1) is 20.6 Å². The number of carbonyl (C=O) groups is 2. The summed E-state index contributed by atoms with van der Waals surface area (Å²) in [6.07, 6.45) is 7.05. The van der Waals surface area contributed by atoms with Gasteiger partial charge in [-0.1, -0.05) is 17.2 Å². The molecule has 0 heterocycles. The monoisotopic (exact) mass is 339 g/mol. The summed E-state index contributed by atoms with van der Waals surface area (Å²) in [6, 6.07) is 0. The lowest BCUT2D eigenvalue weighted by molar-refractivity contribution is -0.883. The molecule has 0 aromatic rings. The number of carbonyl (C=O) groups excluding carboxylic acids is 2. The van der Waals surface area contributed by atoms with Crippen LogP contribution in [-0.2, 0) is 14.3 Å². The number of hydrogen-bond acceptors (Lipinski definition) is 3. The molecule has 138 valence electrons. The van der Waals surface area contributed by atoms with Gasteiger partial charge in [-0.25, -0.2) is 4.79 Å². The third kappa shape index (κ3) is 14.0. The highest BCUT2D eigenvalue weighted by Crippen LogP contribution is 2.06. The standard InChI is InChI=1S/C19H34N2O3/c1-16(2)9-7-10-17(3)11-14-24-19(23)15-21(5,6)13-8-12-20-18(4)22/h9,11H,7-8,10,12-15H2,1-6H3/p+1. The minimum absolute atomic E-state index is 0.0218. The Bertz CT molecular complexity index is 461. The molecule has 5 heteroatoms. The molecule has 0 aliphatic heterocycles. The van der Waals surface area contributed by atoms with Gasteiger partial charge < -0.3 is 14.5 Å². The van der Waals surface area contributed by atoms with Crippen LogP contribution in [0.5, 0.6) is 0 Å². The molecule has 5 nitrogen and oxygen atoms in total. The maximum atomic E-state index is 11.9. The van der Waals surface area contributed by atoms with E-state index < -0.39 is 0 Å². The summed E-state index contributed by atoms with van der Waals surface area (Å²) in [5, 5.41) is 2.76. The number of likely N-dealkylation sites (N-methyl/N-ethyl adjacent to an activating group) is 1. The van der Waals surface area contributed by atoms with E-state index >= 15 is 0 Å². The summed E-state index contributed by atoms with van der Waals surface area (Å²) in [6.45, 7) is 9.89.